The molecule has 1 N–H and O–H groups in total. The van der Waals surface area contributed by atoms with Crippen molar-refractivity contribution >= 4 is 5.97 Å². The van der Waals surface area contributed by atoms with E-state index in [4.69, 9.17) is 4.74 Å². The molecule has 19 heavy (non-hydrogen) atoms. The van der Waals surface area contributed by atoms with Crippen LogP contribution >= 0.6 is 0 Å². The van der Waals surface area contributed by atoms with Crippen molar-refractivity contribution in [3.8, 4) is 0 Å². The van der Waals surface area contributed by atoms with Crippen LogP contribution in [0.15, 0.2) is 24.3 Å². The Bertz CT molecular complexity index is 448. The predicted molar refractivity (Wildman–Crippen MR) is 74.4 cm³/mol. The monoisotopic (exact) mass is 262 g/mol. The summed E-state index contributed by atoms with van der Waals surface area (Å²) in [6.07, 6.45) is 1.15. The molecule has 1 aromatic rings. The number of carbonyl (C=O) groups is 1. The van der Waals surface area contributed by atoms with Crippen molar-refractivity contribution in [2.24, 2.45) is 5.41 Å². The average molecular weight is 262 g/mol. The van der Waals surface area contributed by atoms with Gasteiger partial charge in [-0.05, 0) is 29.4 Å². The molecule has 0 spiro atoms. The van der Waals surface area contributed by atoms with E-state index in [2.05, 4.69) is 32.9 Å². The van der Waals surface area contributed by atoms with Gasteiger partial charge >= 0.3 is 5.97 Å². The molecule has 1 aromatic carbocycles. The van der Waals surface area contributed by atoms with Crippen molar-refractivity contribution < 1.29 is 14.6 Å². The van der Waals surface area contributed by atoms with E-state index in [1.54, 1.807) is 0 Å². The molecule has 0 bridgehead atoms. The average Bonchev–Trinajstić information content (AvgIpc) is 2.78. The molecule has 104 valence electrons. The summed E-state index contributed by atoms with van der Waals surface area (Å²) in [7, 11) is 0. The fraction of sp³-hybridized carbons (Fsp3) is 0.562. The highest BCUT2D eigenvalue weighted by atomic mass is 16.5. The van der Waals surface area contributed by atoms with E-state index in [9.17, 15) is 9.90 Å². The number of benzene rings is 1. The molecule has 1 atom stereocenters. The molecule has 2 rings (SSSR count). The Morgan fingerprint density at radius 3 is 2.37 bits per heavy atom. The first-order valence-electron chi connectivity index (χ1n) is 6.74. The Morgan fingerprint density at radius 1 is 1.32 bits per heavy atom. The molecule has 0 radical (unpaired) electrons. The van der Waals surface area contributed by atoms with E-state index in [-0.39, 0.29) is 5.41 Å². The number of carboxylic acids is 1. The van der Waals surface area contributed by atoms with Crippen molar-refractivity contribution in [2.75, 3.05) is 13.2 Å². The van der Waals surface area contributed by atoms with E-state index in [1.807, 2.05) is 12.1 Å². The Labute approximate surface area is 114 Å². The largest absolute Gasteiger partial charge is 0.481 e. The van der Waals surface area contributed by atoms with E-state index in [0.717, 1.165) is 5.56 Å². The minimum Gasteiger partial charge on any atom is -0.481 e. The van der Waals surface area contributed by atoms with Gasteiger partial charge < -0.3 is 9.84 Å². The van der Waals surface area contributed by atoms with Crippen LogP contribution < -0.4 is 0 Å². The van der Waals surface area contributed by atoms with Gasteiger partial charge in [0.15, 0.2) is 0 Å². The van der Waals surface area contributed by atoms with Crippen LogP contribution in [0.1, 0.15) is 38.3 Å². The van der Waals surface area contributed by atoms with Gasteiger partial charge in [0.2, 0.25) is 0 Å². The van der Waals surface area contributed by atoms with Gasteiger partial charge in [-0.1, -0.05) is 45.0 Å². The van der Waals surface area contributed by atoms with E-state index < -0.39 is 11.4 Å². The normalized spacial score (nSPS) is 23.5. The summed E-state index contributed by atoms with van der Waals surface area (Å²) < 4.78 is 5.29. The topological polar surface area (TPSA) is 46.5 Å². The molecule has 0 aromatic heterocycles. The summed E-state index contributed by atoms with van der Waals surface area (Å²) in [5.74, 6) is -0.745. The number of carboxylic acid groups (broad SMARTS) is 1. The second-order valence-electron chi connectivity index (χ2n) is 6.51. The molecule has 3 heteroatoms. The molecule has 0 aliphatic carbocycles. The second-order valence-corrected chi connectivity index (χ2v) is 6.51. The molecule has 1 unspecified atom stereocenters. The highest BCUT2D eigenvalue weighted by Gasteiger charge is 2.42. The van der Waals surface area contributed by atoms with Gasteiger partial charge in [-0.25, -0.2) is 0 Å². The van der Waals surface area contributed by atoms with E-state index in [1.165, 1.54) is 5.56 Å². The van der Waals surface area contributed by atoms with Crippen LogP contribution in [0.2, 0.25) is 0 Å². The van der Waals surface area contributed by atoms with Gasteiger partial charge in [-0.15, -0.1) is 0 Å². The van der Waals surface area contributed by atoms with Crippen LogP contribution in [0, 0.1) is 5.41 Å². The lowest BCUT2D eigenvalue weighted by atomic mass is 9.80. The first-order valence-corrected chi connectivity index (χ1v) is 6.74. The first-order chi connectivity index (χ1) is 8.83. The molecular weight excluding hydrogens is 240 g/mol. The van der Waals surface area contributed by atoms with Crippen molar-refractivity contribution in [3.05, 3.63) is 35.4 Å². The lowest BCUT2D eigenvalue weighted by molar-refractivity contribution is -0.148. The highest BCUT2D eigenvalue weighted by molar-refractivity contribution is 5.75. The molecule has 1 aliphatic rings. The van der Waals surface area contributed by atoms with Gasteiger partial charge in [-0.2, -0.15) is 0 Å². The molecule has 3 nitrogen and oxygen atoms in total. The summed E-state index contributed by atoms with van der Waals surface area (Å²) >= 11 is 0. The Morgan fingerprint density at radius 2 is 1.95 bits per heavy atom. The lowest BCUT2D eigenvalue weighted by Gasteiger charge is -2.23. The standard InChI is InChI=1S/C16H22O3/c1-15(2,3)13-6-4-12(5-7-13)10-16(14(17)18)8-9-19-11-16/h4-7H,8-11H2,1-3H3,(H,17,18). The van der Waals surface area contributed by atoms with Crippen molar-refractivity contribution in [3.63, 3.8) is 0 Å². The van der Waals surface area contributed by atoms with Crippen LogP contribution in [-0.2, 0) is 21.4 Å². The number of hydrogen-bond donors (Lipinski definition) is 1. The zero-order valence-corrected chi connectivity index (χ0v) is 11.9. The number of aliphatic carboxylic acids is 1. The minimum absolute atomic E-state index is 0.124. The van der Waals surface area contributed by atoms with Gasteiger partial charge in [0.1, 0.15) is 0 Å². The third-order valence-electron chi connectivity index (χ3n) is 3.92. The zero-order chi connectivity index (χ0) is 14.1. The molecule has 1 saturated heterocycles. The Balaban J connectivity index is 2.17. The molecule has 0 saturated carbocycles. The predicted octanol–water partition coefficient (Wildman–Crippen LogP) is 3.02. The number of rotatable bonds is 3. The SMILES string of the molecule is CC(C)(C)c1ccc(CC2(C(=O)O)CCOC2)cc1. The zero-order valence-electron chi connectivity index (χ0n) is 11.9. The van der Waals surface area contributed by atoms with Gasteiger partial charge in [0.25, 0.3) is 0 Å². The maximum absolute atomic E-state index is 11.5. The molecule has 1 heterocycles. The van der Waals surface area contributed by atoms with Gasteiger partial charge in [-0.3, -0.25) is 4.79 Å². The van der Waals surface area contributed by atoms with Gasteiger partial charge in [0.05, 0.1) is 12.0 Å². The van der Waals surface area contributed by atoms with Crippen molar-refractivity contribution in [2.45, 2.75) is 39.0 Å². The van der Waals surface area contributed by atoms with Crippen molar-refractivity contribution in [1.29, 1.82) is 0 Å². The second kappa shape index (κ2) is 4.97. The summed E-state index contributed by atoms with van der Waals surface area (Å²) in [4.78, 5) is 11.5. The minimum atomic E-state index is -0.745. The third-order valence-corrected chi connectivity index (χ3v) is 3.92. The summed E-state index contributed by atoms with van der Waals surface area (Å²) in [6.45, 7) is 7.39. The molecular formula is C16H22O3. The Hall–Kier alpha value is -1.35. The maximum Gasteiger partial charge on any atom is 0.312 e. The van der Waals surface area contributed by atoms with Crippen LogP contribution in [0.4, 0.5) is 0 Å². The van der Waals surface area contributed by atoms with Gasteiger partial charge in [0, 0.05) is 6.61 Å². The summed E-state index contributed by atoms with van der Waals surface area (Å²) in [5.41, 5.74) is 1.73. The van der Waals surface area contributed by atoms with Crippen LogP contribution in [0.5, 0.6) is 0 Å². The summed E-state index contributed by atoms with van der Waals surface area (Å²) in [6, 6.07) is 8.29. The number of ether oxygens (including phenoxy) is 1. The molecule has 1 aliphatic heterocycles. The first kappa shape index (κ1) is 14.1. The van der Waals surface area contributed by atoms with Crippen LogP contribution in [0.3, 0.4) is 0 Å². The lowest BCUT2D eigenvalue weighted by Crippen LogP contribution is -2.33. The smallest absolute Gasteiger partial charge is 0.312 e. The maximum atomic E-state index is 11.5. The number of hydrogen-bond acceptors (Lipinski definition) is 2. The third kappa shape index (κ3) is 2.98. The highest BCUT2D eigenvalue weighted by Crippen LogP contribution is 2.33. The molecule has 1 fully saturated rings. The fourth-order valence-electron chi connectivity index (χ4n) is 2.50. The summed E-state index contributed by atoms with van der Waals surface area (Å²) in [5, 5.41) is 9.43. The fourth-order valence-corrected chi connectivity index (χ4v) is 2.50. The Kier molecular flexibility index (Phi) is 3.68. The quantitative estimate of drug-likeness (QED) is 0.910. The van der Waals surface area contributed by atoms with E-state index in [0.29, 0.717) is 26.1 Å². The van der Waals surface area contributed by atoms with Crippen LogP contribution in [0.25, 0.3) is 0 Å². The van der Waals surface area contributed by atoms with Crippen molar-refractivity contribution in [1.82, 2.24) is 0 Å². The van der Waals surface area contributed by atoms with Crippen LogP contribution in [-0.4, -0.2) is 24.3 Å². The van der Waals surface area contributed by atoms with E-state index >= 15 is 0 Å². The molecule has 0 amide bonds.